The number of hydrogen-bond donors (Lipinski definition) is 1. The zero-order chi connectivity index (χ0) is 14.2. The Morgan fingerprint density at radius 2 is 1.95 bits per heavy atom. The maximum Gasteiger partial charge on any atom is 0.269 e. The first-order valence-corrected chi connectivity index (χ1v) is 6.57. The van der Waals surface area contributed by atoms with E-state index in [0.29, 0.717) is 44.4 Å². The van der Waals surface area contributed by atoms with Crippen LogP contribution in [0.5, 0.6) is 0 Å². The SMILES string of the molecule is O=C1NCCOCCOCC[N+](=O)Cc2cccc1n2. The number of nitrogens with zero attached hydrogens (tertiary/aromatic N) is 2. The molecule has 2 rings (SSSR count). The van der Waals surface area contributed by atoms with Crippen LogP contribution in [0.3, 0.4) is 0 Å². The van der Waals surface area contributed by atoms with Crippen molar-refractivity contribution in [3.05, 3.63) is 34.5 Å². The van der Waals surface area contributed by atoms with Crippen LogP contribution in [0.4, 0.5) is 0 Å². The normalized spacial score (nSPS) is 18.8. The molecule has 1 N–H and O–H groups in total. The van der Waals surface area contributed by atoms with Crippen LogP contribution in [0.1, 0.15) is 16.2 Å². The first-order valence-electron chi connectivity index (χ1n) is 6.57. The molecular weight excluding hydrogens is 262 g/mol. The highest BCUT2D eigenvalue weighted by Gasteiger charge is 2.14. The molecule has 1 amide bonds. The van der Waals surface area contributed by atoms with Crippen LogP contribution in [0.2, 0.25) is 0 Å². The van der Waals surface area contributed by atoms with Gasteiger partial charge >= 0.3 is 0 Å². The summed E-state index contributed by atoms with van der Waals surface area (Å²) in [6.45, 7) is 2.47. The molecule has 1 aromatic heterocycles. The Kier molecular flexibility index (Phi) is 5.57. The summed E-state index contributed by atoms with van der Waals surface area (Å²) in [4.78, 5) is 27.7. The molecule has 1 aromatic rings. The van der Waals surface area contributed by atoms with E-state index in [1.54, 1.807) is 18.2 Å². The summed E-state index contributed by atoms with van der Waals surface area (Å²) in [5.41, 5.74) is 0.876. The molecule has 0 radical (unpaired) electrons. The Morgan fingerprint density at radius 3 is 2.80 bits per heavy atom. The first-order chi connectivity index (χ1) is 9.75. The summed E-state index contributed by atoms with van der Waals surface area (Å²) in [5, 5.41) is 2.71. The molecule has 7 nitrogen and oxygen atoms in total. The van der Waals surface area contributed by atoms with Crippen molar-refractivity contribution in [3.8, 4) is 0 Å². The summed E-state index contributed by atoms with van der Waals surface area (Å²) in [5.74, 6) is -0.265. The summed E-state index contributed by atoms with van der Waals surface area (Å²) in [7, 11) is 0. The van der Waals surface area contributed by atoms with Crippen molar-refractivity contribution in [2.24, 2.45) is 0 Å². The molecule has 0 spiro atoms. The van der Waals surface area contributed by atoms with E-state index in [9.17, 15) is 9.70 Å². The number of fused-ring (bicyclic) bond motifs is 2. The third kappa shape index (κ3) is 4.67. The van der Waals surface area contributed by atoms with Gasteiger partial charge in [-0.3, -0.25) is 4.79 Å². The zero-order valence-electron chi connectivity index (χ0n) is 11.2. The van der Waals surface area contributed by atoms with Gasteiger partial charge in [-0.15, -0.1) is 0 Å². The van der Waals surface area contributed by atoms with Gasteiger partial charge in [-0.1, -0.05) is 6.07 Å². The van der Waals surface area contributed by atoms with E-state index in [2.05, 4.69) is 10.3 Å². The van der Waals surface area contributed by atoms with Crippen molar-refractivity contribution < 1.29 is 19.0 Å². The van der Waals surface area contributed by atoms with Crippen LogP contribution in [0.15, 0.2) is 18.2 Å². The van der Waals surface area contributed by atoms with Gasteiger partial charge in [0, 0.05) is 16.2 Å². The lowest BCUT2D eigenvalue weighted by Gasteiger charge is -2.06. The quantitative estimate of drug-likeness (QED) is 0.684. The van der Waals surface area contributed by atoms with Crippen LogP contribution in [0.25, 0.3) is 0 Å². The molecule has 0 atom stereocenters. The average molecular weight is 280 g/mol. The van der Waals surface area contributed by atoms with Gasteiger partial charge in [0.05, 0.1) is 19.8 Å². The second-order valence-electron chi connectivity index (χ2n) is 4.36. The molecule has 2 bridgehead atoms. The molecule has 0 unspecified atom stereocenters. The number of pyridine rings is 1. The maximum absolute atomic E-state index is 11.9. The molecule has 0 aromatic carbocycles. The maximum atomic E-state index is 11.9. The number of aromatic nitrogens is 1. The Labute approximate surface area is 116 Å². The molecule has 0 saturated carbocycles. The van der Waals surface area contributed by atoms with Crippen molar-refractivity contribution in [3.63, 3.8) is 0 Å². The second-order valence-corrected chi connectivity index (χ2v) is 4.36. The van der Waals surface area contributed by atoms with E-state index in [1.165, 1.54) is 0 Å². The van der Waals surface area contributed by atoms with E-state index in [0.717, 1.165) is 4.76 Å². The van der Waals surface area contributed by atoms with Gasteiger partial charge in [0.2, 0.25) is 13.1 Å². The molecule has 0 fully saturated rings. The van der Waals surface area contributed by atoms with Gasteiger partial charge in [-0.25, -0.2) is 4.98 Å². The van der Waals surface area contributed by atoms with Gasteiger partial charge < -0.3 is 14.8 Å². The minimum atomic E-state index is -0.265. The first kappa shape index (κ1) is 14.5. The Morgan fingerprint density at radius 1 is 1.15 bits per heavy atom. The predicted molar refractivity (Wildman–Crippen MR) is 70.4 cm³/mol. The number of nitrogens with one attached hydrogen (secondary N) is 1. The van der Waals surface area contributed by atoms with E-state index in [1.807, 2.05) is 0 Å². The highest BCUT2D eigenvalue weighted by atomic mass is 16.5. The molecular formula is C13H18N3O4+. The number of nitroso groups, excluding NO2 is 1. The fraction of sp³-hybridized carbons (Fsp3) is 0.538. The number of carbonyl (C=O) groups excluding carboxylic acids is 1. The summed E-state index contributed by atoms with van der Waals surface area (Å²) >= 11 is 0. The van der Waals surface area contributed by atoms with E-state index < -0.39 is 0 Å². The monoisotopic (exact) mass is 280 g/mol. The molecule has 0 saturated heterocycles. The minimum absolute atomic E-state index is 0.140. The highest BCUT2D eigenvalue weighted by molar-refractivity contribution is 5.92. The number of rotatable bonds is 0. The molecule has 1 aliphatic heterocycles. The van der Waals surface area contributed by atoms with Gasteiger partial charge in [-0.2, -0.15) is 0 Å². The van der Waals surface area contributed by atoms with Crippen molar-refractivity contribution in [1.29, 1.82) is 0 Å². The predicted octanol–water partition coefficient (Wildman–Crippen LogP) is 0.137. The zero-order valence-corrected chi connectivity index (χ0v) is 11.2. The van der Waals surface area contributed by atoms with E-state index >= 15 is 0 Å². The molecule has 108 valence electrons. The average Bonchev–Trinajstić information content (AvgIpc) is 2.45. The molecule has 2 heterocycles. The summed E-state index contributed by atoms with van der Waals surface area (Å²) in [6.07, 6.45) is 0. The minimum Gasteiger partial charge on any atom is -0.377 e. The second kappa shape index (κ2) is 7.66. The molecule has 20 heavy (non-hydrogen) atoms. The standard InChI is InChI=1S/C13H17N3O4/c17-13-12-3-1-2-11(15-12)10-16(18)5-7-20-9-8-19-6-4-14-13/h1-3H,4-10H2/p+1. The Bertz CT molecular complexity index is 478. The van der Waals surface area contributed by atoms with Crippen LogP contribution < -0.4 is 5.32 Å². The van der Waals surface area contributed by atoms with Crippen molar-refractivity contribution in [1.82, 2.24) is 10.3 Å². The Balaban J connectivity index is 2.06. The lowest BCUT2D eigenvalue weighted by molar-refractivity contribution is -0.567. The van der Waals surface area contributed by atoms with Crippen LogP contribution in [-0.4, -0.2) is 55.2 Å². The van der Waals surface area contributed by atoms with Gasteiger partial charge in [-0.05, 0) is 12.1 Å². The lowest BCUT2D eigenvalue weighted by atomic mass is 10.3. The number of amides is 1. The molecule has 1 aliphatic rings. The lowest BCUT2D eigenvalue weighted by Crippen LogP contribution is -2.28. The summed E-state index contributed by atoms with van der Waals surface area (Å²) < 4.78 is 11.4. The topological polar surface area (TPSA) is 80.5 Å². The largest absolute Gasteiger partial charge is 0.377 e. The Hall–Kier alpha value is -1.86. The van der Waals surface area contributed by atoms with Crippen molar-refractivity contribution in [2.75, 3.05) is 39.5 Å². The van der Waals surface area contributed by atoms with Crippen molar-refractivity contribution >= 4 is 5.91 Å². The number of ether oxygens (including phenoxy) is 2. The molecule has 7 heteroatoms. The smallest absolute Gasteiger partial charge is 0.269 e. The highest BCUT2D eigenvalue weighted by Crippen LogP contribution is 2.01. The van der Waals surface area contributed by atoms with E-state index in [-0.39, 0.29) is 19.0 Å². The van der Waals surface area contributed by atoms with Gasteiger partial charge in [0.1, 0.15) is 18.0 Å². The van der Waals surface area contributed by atoms with Crippen LogP contribution in [0, 0.1) is 4.91 Å². The molecule has 0 aliphatic carbocycles. The van der Waals surface area contributed by atoms with E-state index in [4.69, 9.17) is 9.47 Å². The number of hydrogen-bond acceptors (Lipinski definition) is 5. The van der Waals surface area contributed by atoms with Crippen LogP contribution >= 0.6 is 0 Å². The third-order valence-corrected chi connectivity index (χ3v) is 2.77. The summed E-state index contributed by atoms with van der Waals surface area (Å²) in [6, 6.07) is 5.07. The third-order valence-electron chi connectivity index (χ3n) is 2.77. The van der Waals surface area contributed by atoms with Gasteiger partial charge in [0.25, 0.3) is 5.91 Å². The number of carbonyl (C=O) groups is 1. The van der Waals surface area contributed by atoms with Crippen LogP contribution in [-0.2, 0) is 16.0 Å². The fourth-order valence-corrected chi connectivity index (χ4v) is 1.77. The van der Waals surface area contributed by atoms with Gasteiger partial charge in [0.15, 0.2) is 0 Å². The van der Waals surface area contributed by atoms with Crippen molar-refractivity contribution in [2.45, 2.75) is 6.54 Å². The fourth-order valence-electron chi connectivity index (χ4n) is 1.77.